The zero-order valence-electron chi connectivity index (χ0n) is 7.46. The third-order valence-corrected chi connectivity index (χ3v) is 2.22. The van der Waals surface area contributed by atoms with Crippen LogP contribution in [0.15, 0.2) is 24.3 Å². The monoisotopic (exact) mass is 147 g/mol. The fourth-order valence-electron chi connectivity index (χ4n) is 1.05. The Labute approximate surface area is 69.3 Å². The normalized spacial score (nSPS) is 13.5. The first-order valence-corrected chi connectivity index (χ1v) is 4.18. The first-order chi connectivity index (χ1) is 5.22. The van der Waals surface area contributed by atoms with E-state index in [1.165, 1.54) is 5.56 Å². The van der Waals surface area contributed by atoms with Crippen molar-refractivity contribution in [3.05, 3.63) is 35.9 Å². The minimum atomic E-state index is 0.621. The van der Waals surface area contributed by atoms with Gasteiger partial charge in [0.15, 0.2) is 0 Å². The van der Waals surface area contributed by atoms with Crippen molar-refractivity contribution in [3.8, 4) is 0 Å². The van der Waals surface area contributed by atoms with Crippen molar-refractivity contribution in [1.29, 1.82) is 0 Å². The van der Waals surface area contributed by atoms with Crippen LogP contribution in [0.5, 0.6) is 0 Å². The van der Waals surface area contributed by atoms with Crippen molar-refractivity contribution in [2.24, 2.45) is 5.92 Å². The van der Waals surface area contributed by atoms with E-state index in [4.69, 9.17) is 0 Å². The van der Waals surface area contributed by atoms with Gasteiger partial charge in [-0.05, 0) is 23.5 Å². The Balaban J connectivity index is 2.77. The van der Waals surface area contributed by atoms with Crippen LogP contribution in [-0.4, -0.2) is 0 Å². The van der Waals surface area contributed by atoms with Gasteiger partial charge in [0.2, 0.25) is 0 Å². The van der Waals surface area contributed by atoms with Gasteiger partial charge in [0.05, 0.1) is 0 Å². The van der Waals surface area contributed by atoms with E-state index in [9.17, 15) is 0 Å². The van der Waals surface area contributed by atoms with Crippen LogP contribution in [0.2, 0.25) is 0 Å². The second kappa shape index (κ2) is 3.56. The molecule has 1 radical (unpaired) electrons. The van der Waals surface area contributed by atoms with Crippen molar-refractivity contribution < 1.29 is 0 Å². The highest BCUT2D eigenvalue weighted by atomic mass is 14.1. The van der Waals surface area contributed by atoms with Gasteiger partial charge >= 0.3 is 0 Å². The summed E-state index contributed by atoms with van der Waals surface area (Å²) in [5.41, 5.74) is 1.32. The molecule has 0 bridgehead atoms. The van der Waals surface area contributed by atoms with Gasteiger partial charge in [-0.3, -0.25) is 0 Å². The molecule has 0 heteroatoms. The lowest BCUT2D eigenvalue weighted by molar-refractivity contribution is 0.534. The Morgan fingerprint density at radius 1 is 1.18 bits per heavy atom. The highest BCUT2D eigenvalue weighted by Crippen LogP contribution is 2.22. The summed E-state index contributed by atoms with van der Waals surface area (Å²) in [5, 5.41) is 0. The summed E-state index contributed by atoms with van der Waals surface area (Å²) in [7, 11) is 0. The zero-order valence-corrected chi connectivity index (χ0v) is 7.46. The molecular weight excluding hydrogens is 132 g/mol. The van der Waals surface area contributed by atoms with Crippen LogP contribution in [0.1, 0.15) is 32.3 Å². The molecule has 0 saturated heterocycles. The molecule has 0 heterocycles. The van der Waals surface area contributed by atoms with Gasteiger partial charge < -0.3 is 0 Å². The summed E-state index contributed by atoms with van der Waals surface area (Å²) in [5.74, 6) is 1.32. The number of benzene rings is 1. The molecule has 0 nitrogen and oxygen atoms in total. The maximum absolute atomic E-state index is 3.25. The summed E-state index contributed by atoms with van der Waals surface area (Å²) < 4.78 is 0. The summed E-state index contributed by atoms with van der Waals surface area (Å²) in [6.45, 7) is 6.73. The van der Waals surface area contributed by atoms with Gasteiger partial charge in [-0.1, -0.05) is 45.0 Å². The van der Waals surface area contributed by atoms with E-state index in [0.717, 1.165) is 0 Å². The number of hydrogen-bond donors (Lipinski definition) is 0. The predicted molar refractivity (Wildman–Crippen MR) is 48.5 cm³/mol. The molecule has 0 spiro atoms. The van der Waals surface area contributed by atoms with Gasteiger partial charge in [0, 0.05) is 0 Å². The van der Waals surface area contributed by atoms with Gasteiger partial charge in [0.25, 0.3) is 0 Å². The van der Waals surface area contributed by atoms with E-state index in [0.29, 0.717) is 11.8 Å². The Morgan fingerprint density at radius 2 is 1.91 bits per heavy atom. The van der Waals surface area contributed by atoms with Crippen LogP contribution < -0.4 is 0 Å². The first-order valence-electron chi connectivity index (χ1n) is 4.18. The van der Waals surface area contributed by atoms with Crippen LogP contribution in [0.4, 0.5) is 0 Å². The second-order valence-corrected chi connectivity index (χ2v) is 3.35. The maximum Gasteiger partial charge on any atom is -0.0146 e. The van der Waals surface area contributed by atoms with Crippen molar-refractivity contribution in [1.82, 2.24) is 0 Å². The van der Waals surface area contributed by atoms with Crippen molar-refractivity contribution in [2.45, 2.75) is 26.7 Å². The van der Waals surface area contributed by atoms with E-state index in [1.54, 1.807) is 0 Å². The lowest BCUT2D eigenvalue weighted by Gasteiger charge is -2.14. The third-order valence-electron chi connectivity index (χ3n) is 2.22. The summed E-state index contributed by atoms with van der Waals surface area (Å²) in [6, 6.07) is 11.5. The molecule has 0 saturated carbocycles. The molecule has 0 aromatic heterocycles. The molecule has 1 aromatic carbocycles. The quantitative estimate of drug-likeness (QED) is 0.602. The number of hydrogen-bond acceptors (Lipinski definition) is 0. The van der Waals surface area contributed by atoms with E-state index in [2.05, 4.69) is 39.0 Å². The molecule has 1 aromatic rings. The molecule has 1 unspecified atom stereocenters. The van der Waals surface area contributed by atoms with Crippen LogP contribution in [-0.2, 0) is 0 Å². The standard InChI is InChI=1S/C11H15/c1-9(2)10(3)11-7-5-4-6-8-11/h4-7,9-10H,1-3H3. The molecule has 0 N–H and O–H groups in total. The van der Waals surface area contributed by atoms with Gasteiger partial charge in [-0.2, -0.15) is 0 Å². The van der Waals surface area contributed by atoms with Gasteiger partial charge in [-0.15, -0.1) is 0 Å². The van der Waals surface area contributed by atoms with E-state index in [-0.39, 0.29) is 0 Å². The molecule has 11 heavy (non-hydrogen) atoms. The van der Waals surface area contributed by atoms with Crippen LogP contribution in [0.3, 0.4) is 0 Å². The van der Waals surface area contributed by atoms with Gasteiger partial charge in [-0.25, -0.2) is 0 Å². The van der Waals surface area contributed by atoms with Crippen LogP contribution in [0, 0.1) is 12.0 Å². The Hall–Kier alpha value is -0.780. The first kappa shape index (κ1) is 8.32. The summed E-state index contributed by atoms with van der Waals surface area (Å²) in [6.07, 6.45) is 0. The zero-order chi connectivity index (χ0) is 8.27. The SMILES string of the molecule is CC(C)C(C)c1[c]cccc1. The maximum atomic E-state index is 3.25. The molecule has 0 aliphatic carbocycles. The van der Waals surface area contributed by atoms with E-state index in [1.807, 2.05) is 12.1 Å². The topological polar surface area (TPSA) is 0 Å². The minimum absolute atomic E-state index is 0.621. The Bertz CT molecular complexity index is 199. The van der Waals surface area contributed by atoms with Crippen molar-refractivity contribution in [3.63, 3.8) is 0 Å². The molecule has 1 atom stereocenters. The average Bonchev–Trinajstić information content (AvgIpc) is 2.05. The second-order valence-electron chi connectivity index (χ2n) is 3.35. The van der Waals surface area contributed by atoms with Crippen molar-refractivity contribution in [2.75, 3.05) is 0 Å². The van der Waals surface area contributed by atoms with E-state index < -0.39 is 0 Å². The highest BCUT2D eigenvalue weighted by molar-refractivity contribution is 5.17. The largest absolute Gasteiger partial charge is 0.0622 e. The van der Waals surface area contributed by atoms with Crippen molar-refractivity contribution >= 4 is 0 Å². The van der Waals surface area contributed by atoms with Crippen LogP contribution >= 0.6 is 0 Å². The molecule has 0 aliphatic heterocycles. The lowest BCUT2D eigenvalue weighted by atomic mass is 9.91. The van der Waals surface area contributed by atoms with Crippen LogP contribution in [0.25, 0.3) is 0 Å². The molecule has 1 rings (SSSR count). The lowest BCUT2D eigenvalue weighted by Crippen LogP contribution is -2.01. The fraction of sp³-hybridized carbons (Fsp3) is 0.455. The molecule has 59 valence electrons. The Morgan fingerprint density at radius 3 is 2.36 bits per heavy atom. The third kappa shape index (κ3) is 2.07. The fourth-order valence-corrected chi connectivity index (χ4v) is 1.05. The smallest absolute Gasteiger partial charge is 0.0146 e. The number of rotatable bonds is 2. The molecular formula is C11H15. The summed E-state index contributed by atoms with van der Waals surface area (Å²) in [4.78, 5) is 0. The van der Waals surface area contributed by atoms with E-state index >= 15 is 0 Å². The molecule has 0 fully saturated rings. The average molecular weight is 147 g/mol. The predicted octanol–water partition coefficient (Wildman–Crippen LogP) is 3.25. The summed E-state index contributed by atoms with van der Waals surface area (Å²) >= 11 is 0. The molecule has 0 aliphatic rings. The Kier molecular flexibility index (Phi) is 2.70. The minimum Gasteiger partial charge on any atom is -0.0622 e. The van der Waals surface area contributed by atoms with Gasteiger partial charge in [0.1, 0.15) is 0 Å². The highest BCUT2D eigenvalue weighted by Gasteiger charge is 2.08. The molecule has 0 amide bonds.